The van der Waals surface area contributed by atoms with E-state index in [1.165, 1.54) is 0 Å². The average molecular weight is 339 g/mol. The number of hydrogen-bond donors (Lipinski definition) is 3. The molecule has 0 fully saturated rings. The zero-order chi connectivity index (χ0) is 18.4. The quantitative estimate of drug-likeness (QED) is 0.308. The van der Waals surface area contributed by atoms with Crippen LogP contribution in [-0.4, -0.2) is 35.5 Å². The minimum atomic E-state index is 0.496. The van der Waals surface area contributed by atoms with Gasteiger partial charge in [-0.1, -0.05) is 18.7 Å². The van der Waals surface area contributed by atoms with E-state index in [1.807, 2.05) is 56.3 Å². The predicted octanol–water partition coefficient (Wildman–Crippen LogP) is 2.43. The first-order valence-corrected chi connectivity index (χ1v) is 7.98. The molecular weight excluding hydrogens is 314 g/mol. The number of nitrogens with two attached hydrogens (primary N) is 2. The Morgan fingerprint density at radius 1 is 1.32 bits per heavy atom. The second-order valence-corrected chi connectivity index (χ2v) is 5.63. The summed E-state index contributed by atoms with van der Waals surface area (Å²) in [5.74, 6) is 7.25. The molecule has 0 aliphatic heterocycles. The maximum atomic E-state index is 6.13. The molecule has 7 heteroatoms. The van der Waals surface area contributed by atoms with Gasteiger partial charge in [0.2, 0.25) is 5.95 Å². The van der Waals surface area contributed by atoms with Crippen LogP contribution in [0.3, 0.4) is 0 Å². The molecule has 25 heavy (non-hydrogen) atoms. The van der Waals surface area contributed by atoms with E-state index in [-0.39, 0.29) is 0 Å². The summed E-state index contributed by atoms with van der Waals surface area (Å²) in [6.45, 7) is 6.36. The number of nitrogens with zero attached hydrogens (tertiary/aromatic N) is 4. The van der Waals surface area contributed by atoms with Gasteiger partial charge in [-0.3, -0.25) is 0 Å². The Bertz CT molecular complexity index is 768. The summed E-state index contributed by atoms with van der Waals surface area (Å²) >= 11 is 0. The topological polar surface area (TPSA) is 96.3 Å². The van der Waals surface area contributed by atoms with Crippen molar-refractivity contribution >= 4 is 17.3 Å². The third-order valence-corrected chi connectivity index (χ3v) is 3.63. The molecule has 0 spiro atoms. The minimum absolute atomic E-state index is 0.496. The minimum Gasteiger partial charge on any atom is -0.397 e. The molecule has 0 atom stereocenters. The molecule has 1 heterocycles. The molecule has 0 radical (unpaired) electrons. The van der Waals surface area contributed by atoms with E-state index in [9.17, 15) is 0 Å². The van der Waals surface area contributed by atoms with Gasteiger partial charge in [0.25, 0.3) is 0 Å². The van der Waals surface area contributed by atoms with Crippen molar-refractivity contribution in [2.24, 2.45) is 5.84 Å². The SMILES string of the molecule is C=C/C=C(/Nc1nccc(-c2ccc(N(N)CC)c(N)c2)n1)N(C)C. The first-order valence-electron chi connectivity index (χ1n) is 7.98. The zero-order valence-corrected chi connectivity index (χ0v) is 14.9. The monoisotopic (exact) mass is 339 g/mol. The zero-order valence-electron chi connectivity index (χ0n) is 14.9. The van der Waals surface area contributed by atoms with Crippen molar-refractivity contribution in [2.75, 3.05) is 36.7 Å². The van der Waals surface area contributed by atoms with Crippen LogP contribution in [0, 0.1) is 0 Å². The maximum absolute atomic E-state index is 6.13. The van der Waals surface area contributed by atoms with Gasteiger partial charge in [0.15, 0.2) is 0 Å². The number of rotatable bonds is 7. The van der Waals surface area contributed by atoms with Gasteiger partial charge in [-0.2, -0.15) is 0 Å². The van der Waals surface area contributed by atoms with E-state index >= 15 is 0 Å². The molecule has 7 nitrogen and oxygen atoms in total. The van der Waals surface area contributed by atoms with Crippen LogP contribution in [0.5, 0.6) is 0 Å². The largest absolute Gasteiger partial charge is 0.397 e. The summed E-state index contributed by atoms with van der Waals surface area (Å²) in [5, 5.41) is 4.78. The Kier molecular flexibility index (Phi) is 5.97. The molecule has 0 unspecified atom stereocenters. The lowest BCUT2D eigenvalue weighted by atomic mass is 10.1. The number of nitrogen functional groups attached to an aromatic ring is 1. The molecule has 0 saturated carbocycles. The summed E-state index contributed by atoms with van der Waals surface area (Å²) < 4.78 is 0. The van der Waals surface area contributed by atoms with Gasteiger partial charge in [0.1, 0.15) is 5.82 Å². The summed E-state index contributed by atoms with van der Waals surface area (Å²) in [7, 11) is 3.86. The van der Waals surface area contributed by atoms with Crippen molar-refractivity contribution in [3.8, 4) is 11.3 Å². The lowest BCUT2D eigenvalue weighted by molar-refractivity contribution is 0.517. The molecule has 1 aromatic heterocycles. The van der Waals surface area contributed by atoms with Crippen LogP contribution in [-0.2, 0) is 0 Å². The number of allylic oxidation sites excluding steroid dienone is 2. The molecule has 5 N–H and O–H groups in total. The first-order chi connectivity index (χ1) is 12.0. The highest BCUT2D eigenvalue weighted by atomic mass is 15.4. The highest BCUT2D eigenvalue weighted by Gasteiger charge is 2.09. The molecule has 0 aliphatic carbocycles. The number of benzene rings is 1. The predicted molar refractivity (Wildman–Crippen MR) is 105 cm³/mol. The van der Waals surface area contributed by atoms with Gasteiger partial charge >= 0.3 is 0 Å². The Balaban J connectivity index is 2.31. The highest BCUT2D eigenvalue weighted by Crippen LogP contribution is 2.27. The van der Waals surface area contributed by atoms with Gasteiger partial charge in [-0.05, 0) is 31.2 Å². The van der Waals surface area contributed by atoms with Crippen LogP contribution >= 0.6 is 0 Å². The van der Waals surface area contributed by atoms with E-state index in [4.69, 9.17) is 11.6 Å². The highest BCUT2D eigenvalue weighted by molar-refractivity contribution is 5.75. The van der Waals surface area contributed by atoms with Gasteiger partial charge in [-0.15, -0.1) is 0 Å². The van der Waals surface area contributed by atoms with E-state index in [1.54, 1.807) is 17.3 Å². The van der Waals surface area contributed by atoms with Crippen LogP contribution in [0.2, 0.25) is 0 Å². The third kappa shape index (κ3) is 4.48. The average Bonchev–Trinajstić information content (AvgIpc) is 2.60. The molecule has 0 bridgehead atoms. The molecular formula is C18H25N7. The number of hydrazine groups is 1. The molecule has 0 saturated heterocycles. The lowest BCUT2D eigenvalue weighted by Gasteiger charge is -2.19. The summed E-state index contributed by atoms with van der Waals surface area (Å²) in [6, 6.07) is 7.54. The van der Waals surface area contributed by atoms with Crippen molar-refractivity contribution in [3.05, 3.63) is 55.0 Å². The summed E-state index contributed by atoms with van der Waals surface area (Å²) in [4.78, 5) is 10.7. The Morgan fingerprint density at radius 3 is 2.68 bits per heavy atom. The smallest absolute Gasteiger partial charge is 0.228 e. The fourth-order valence-electron chi connectivity index (χ4n) is 2.25. The maximum Gasteiger partial charge on any atom is 0.228 e. The lowest BCUT2D eigenvalue weighted by Crippen LogP contribution is -2.30. The van der Waals surface area contributed by atoms with E-state index in [2.05, 4.69) is 21.9 Å². The molecule has 0 amide bonds. The van der Waals surface area contributed by atoms with Gasteiger partial charge in [-0.25, -0.2) is 15.8 Å². The molecule has 2 aromatic rings. The van der Waals surface area contributed by atoms with Crippen LogP contribution in [0.25, 0.3) is 11.3 Å². The van der Waals surface area contributed by atoms with Crippen LogP contribution in [0.4, 0.5) is 17.3 Å². The van der Waals surface area contributed by atoms with Crippen molar-refractivity contribution in [2.45, 2.75) is 6.92 Å². The Hall–Kier alpha value is -3.06. The van der Waals surface area contributed by atoms with Crippen molar-refractivity contribution in [3.63, 3.8) is 0 Å². The summed E-state index contributed by atoms with van der Waals surface area (Å²) in [6.07, 6.45) is 5.26. The molecule has 0 aliphatic rings. The number of aromatic nitrogens is 2. The normalized spacial score (nSPS) is 11.1. The van der Waals surface area contributed by atoms with E-state index in [0.29, 0.717) is 18.2 Å². The summed E-state index contributed by atoms with van der Waals surface area (Å²) in [5.41, 5.74) is 9.20. The van der Waals surface area contributed by atoms with Gasteiger partial charge in [0, 0.05) is 32.4 Å². The number of hydrogen-bond acceptors (Lipinski definition) is 7. The van der Waals surface area contributed by atoms with Crippen molar-refractivity contribution in [1.82, 2.24) is 14.9 Å². The van der Waals surface area contributed by atoms with E-state index in [0.717, 1.165) is 22.8 Å². The van der Waals surface area contributed by atoms with E-state index < -0.39 is 0 Å². The standard InChI is InChI=1S/C18H25N7/c1-5-7-17(24(3)4)23-18-21-11-10-15(22-18)13-8-9-16(14(19)12-13)25(20)6-2/h5,7-12H,1,6,19-20H2,2-4H3,(H,21,22,23)/b17-7-. The fourth-order valence-corrected chi connectivity index (χ4v) is 2.25. The van der Waals surface area contributed by atoms with Crippen LogP contribution in [0.15, 0.2) is 55.0 Å². The van der Waals surface area contributed by atoms with Crippen LogP contribution in [0.1, 0.15) is 6.92 Å². The Morgan fingerprint density at radius 2 is 2.08 bits per heavy atom. The molecule has 2 rings (SSSR count). The number of anilines is 3. The second kappa shape index (κ2) is 8.16. The van der Waals surface area contributed by atoms with Crippen LogP contribution < -0.4 is 21.9 Å². The van der Waals surface area contributed by atoms with Crippen molar-refractivity contribution < 1.29 is 0 Å². The second-order valence-electron chi connectivity index (χ2n) is 5.63. The third-order valence-electron chi connectivity index (χ3n) is 3.63. The van der Waals surface area contributed by atoms with Crippen molar-refractivity contribution in [1.29, 1.82) is 0 Å². The fraction of sp³-hybridized carbons (Fsp3) is 0.222. The molecule has 1 aromatic carbocycles. The number of nitrogens with one attached hydrogen (secondary N) is 1. The Labute approximate surface area is 148 Å². The van der Waals surface area contributed by atoms with Gasteiger partial charge in [0.05, 0.1) is 17.1 Å². The first kappa shape index (κ1) is 18.3. The van der Waals surface area contributed by atoms with Gasteiger partial charge < -0.3 is 21.0 Å². The molecule has 132 valence electrons.